The van der Waals surface area contributed by atoms with Gasteiger partial charge in [0.05, 0.1) is 12.4 Å². The molecule has 0 aliphatic heterocycles. The summed E-state index contributed by atoms with van der Waals surface area (Å²) in [5, 5.41) is 10.5. The molecule has 2 aliphatic carbocycles. The van der Waals surface area contributed by atoms with E-state index in [1.165, 1.54) is 0 Å². The highest BCUT2D eigenvalue weighted by Crippen LogP contribution is 2.49. The Labute approximate surface area is 110 Å². The lowest BCUT2D eigenvalue weighted by Crippen LogP contribution is -2.45. The molecule has 2 atom stereocenters. The number of carbonyl (C=O) groups is 1. The van der Waals surface area contributed by atoms with Crippen molar-refractivity contribution in [3.8, 4) is 0 Å². The van der Waals surface area contributed by atoms with Gasteiger partial charge in [0.2, 0.25) is 5.78 Å². The van der Waals surface area contributed by atoms with E-state index in [4.69, 9.17) is 4.42 Å². The number of aryl methyl sites for hydroxylation is 1. The number of benzene rings is 1. The Morgan fingerprint density at radius 1 is 1.37 bits per heavy atom. The molecule has 2 aliphatic rings. The van der Waals surface area contributed by atoms with Crippen molar-refractivity contribution in [3.63, 3.8) is 0 Å². The molecular formula is C16H14O3. The minimum Gasteiger partial charge on any atom is -0.460 e. The molecule has 3 nitrogen and oxygen atoms in total. The third kappa shape index (κ3) is 1.14. The monoisotopic (exact) mass is 254 g/mol. The van der Waals surface area contributed by atoms with Gasteiger partial charge in [0, 0.05) is 16.5 Å². The summed E-state index contributed by atoms with van der Waals surface area (Å²) in [6.07, 6.45) is 2.67. The number of hydrogen-bond acceptors (Lipinski definition) is 3. The second-order valence-electron chi connectivity index (χ2n) is 5.60. The van der Waals surface area contributed by atoms with Gasteiger partial charge in [-0.15, -0.1) is 0 Å². The molecular weight excluding hydrogens is 240 g/mol. The van der Waals surface area contributed by atoms with Crippen molar-refractivity contribution in [2.75, 3.05) is 0 Å². The summed E-state index contributed by atoms with van der Waals surface area (Å²) in [7, 11) is 0. The van der Waals surface area contributed by atoms with Gasteiger partial charge in [0.15, 0.2) is 5.76 Å². The van der Waals surface area contributed by atoms with Crippen molar-refractivity contribution in [2.45, 2.75) is 31.3 Å². The van der Waals surface area contributed by atoms with Crippen molar-refractivity contribution in [3.05, 3.63) is 58.5 Å². The van der Waals surface area contributed by atoms with Crippen LogP contribution in [-0.2, 0) is 11.8 Å². The van der Waals surface area contributed by atoms with Gasteiger partial charge in [0.1, 0.15) is 0 Å². The number of carbonyl (C=O) groups excluding carboxylic acids is 1. The molecule has 0 saturated carbocycles. The lowest BCUT2D eigenvalue weighted by molar-refractivity contribution is 0.0857. The zero-order valence-corrected chi connectivity index (χ0v) is 10.6. The van der Waals surface area contributed by atoms with Gasteiger partial charge in [-0.25, -0.2) is 0 Å². The van der Waals surface area contributed by atoms with Crippen LogP contribution in [-0.4, -0.2) is 17.0 Å². The minimum atomic E-state index is -0.527. The molecule has 3 heteroatoms. The van der Waals surface area contributed by atoms with Gasteiger partial charge in [-0.2, -0.15) is 0 Å². The molecule has 0 bridgehead atoms. The van der Waals surface area contributed by atoms with Crippen LogP contribution in [0.15, 0.2) is 34.9 Å². The number of fused-ring (bicyclic) bond motifs is 2. The van der Waals surface area contributed by atoms with E-state index in [-0.39, 0.29) is 5.78 Å². The third-order valence-electron chi connectivity index (χ3n) is 4.68. The van der Waals surface area contributed by atoms with E-state index in [1.54, 1.807) is 6.26 Å². The predicted molar refractivity (Wildman–Crippen MR) is 69.4 cm³/mol. The fraction of sp³-hybridized carbons (Fsp3) is 0.312. The van der Waals surface area contributed by atoms with E-state index in [0.29, 0.717) is 17.7 Å². The third-order valence-corrected chi connectivity index (χ3v) is 4.68. The van der Waals surface area contributed by atoms with Gasteiger partial charge in [0.25, 0.3) is 0 Å². The van der Waals surface area contributed by atoms with E-state index in [2.05, 4.69) is 0 Å². The summed E-state index contributed by atoms with van der Waals surface area (Å²) in [6.45, 7) is 2.01. The topological polar surface area (TPSA) is 50.4 Å². The number of aliphatic hydroxyl groups is 1. The molecule has 19 heavy (non-hydrogen) atoms. The first-order valence-corrected chi connectivity index (χ1v) is 6.57. The number of rotatable bonds is 0. The summed E-state index contributed by atoms with van der Waals surface area (Å²) >= 11 is 0. The standard InChI is InChI=1S/C16H14O3/c1-16-11-5-3-2-4-10(11)14(18)15-13(16)9(8-19-15)6-7-12(16)17/h2-5,8,12,17H,6-7H2,1H3/t12-,16?/m0/s1. The SMILES string of the molecule is CC12c3ccccc3C(=O)c3occ(c31)CC[C@@H]2O. The molecule has 4 rings (SSSR count). The Kier molecular flexibility index (Phi) is 1.95. The van der Waals surface area contributed by atoms with E-state index < -0.39 is 11.5 Å². The maximum absolute atomic E-state index is 12.5. The quantitative estimate of drug-likeness (QED) is 0.785. The molecule has 2 aromatic rings. The molecule has 0 saturated heterocycles. The smallest absolute Gasteiger partial charge is 0.228 e. The maximum atomic E-state index is 12.5. The zero-order chi connectivity index (χ0) is 13.2. The second kappa shape index (κ2) is 3.36. The molecule has 0 spiro atoms. The van der Waals surface area contributed by atoms with Crippen molar-refractivity contribution in [2.24, 2.45) is 0 Å². The van der Waals surface area contributed by atoms with Crippen LogP contribution in [0.1, 0.15) is 46.2 Å². The molecule has 1 N–H and O–H groups in total. The van der Waals surface area contributed by atoms with Crippen molar-refractivity contribution >= 4 is 5.78 Å². The zero-order valence-electron chi connectivity index (χ0n) is 10.6. The normalized spacial score (nSPS) is 27.9. The largest absolute Gasteiger partial charge is 0.460 e. The number of furan rings is 1. The van der Waals surface area contributed by atoms with Crippen LogP contribution in [0.25, 0.3) is 0 Å². The van der Waals surface area contributed by atoms with E-state index in [0.717, 1.165) is 23.1 Å². The molecule has 96 valence electrons. The molecule has 1 unspecified atom stereocenters. The Morgan fingerprint density at radius 3 is 3.00 bits per heavy atom. The highest BCUT2D eigenvalue weighted by atomic mass is 16.3. The summed E-state index contributed by atoms with van der Waals surface area (Å²) in [6, 6.07) is 7.53. The molecule has 1 aromatic carbocycles. The Balaban J connectivity index is 2.13. The van der Waals surface area contributed by atoms with E-state index >= 15 is 0 Å². The second-order valence-corrected chi connectivity index (χ2v) is 5.60. The number of aliphatic hydroxyl groups excluding tert-OH is 1. The first-order valence-electron chi connectivity index (χ1n) is 6.57. The van der Waals surface area contributed by atoms with E-state index in [1.807, 2.05) is 31.2 Å². The van der Waals surface area contributed by atoms with Crippen LogP contribution in [0, 0.1) is 0 Å². The van der Waals surface area contributed by atoms with E-state index in [9.17, 15) is 9.90 Å². The predicted octanol–water partition coefficient (Wildman–Crippen LogP) is 2.44. The highest BCUT2D eigenvalue weighted by molar-refractivity contribution is 6.11. The van der Waals surface area contributed by atoms with Crippen LogP contribution in [0.3, 0.4) is 0 Å². The number of ketones is 1. The first kappa shape index (κ1) is 11.0. The van der Waals surface area contributed by atoms with Gasteiger partial charge in [-0.3, -0.25) is 4.79 Å². The van der Waals surface area contributed by atoms with Crippen LogP contribution >= 0.6 is 0 Å². The Morgan fingerprint density at radius 2 is 2.16 bits per heavy atom. The average molecular weight is 254 g/mol. The summed E-state index contributed by atoms with van der Waals surface area (Å²) < 4.78 is 5.51. The summed E-state index contributed by atoms with van der Waals surface area (Å²) in [5.74, 6) is 0.346. The molecule has 0 fully saturated rings. The molecule has 1 heterocycles. The van der Waals surface area contributed by atoms with Gasteiger partial charge in [-0.05, 0) is 30.9 Å². The lowest BCUT2D eigenvalue weighted by atomic mass is 9.61. The molecule has 0 amide bonds. The maximum Gasteiger partial charge on any atom is 0.228 e. The summed E-state index contributed by atoms with van der Waals surface area (Å²) in [4.78, 5) is 12.5. The van der Waals surface area contributed by atoms with Gasteiger partial charge >= 0.3 is 0 Å². The fourth-order valence-electron chi connectivity index (χ4n) is 3.63. The Bertz CT molecular complexity index is 698. The lowest BCUT2D eigenvalue weighted by Gasteiger charge is -2.42. The van der Waals surface area contributed by atoms with Gasteiger partial charge in [-0.1, -0.05) is 24.3 Å². The average Bonchev–Trinajstić information content (AvgIpc) is 2.86. The Hall–Kier alpha value is -1.87. The van der Waals surface area contributed by atoms with Crippen LogP contribution in [0.5, 0.6) is 0 Å². The number of hydrogen-bond donors (Lipinski definition) is 1. The van der Waals surface area contributed by atoms with Crippen molar-refractivity contribution in [1.82, 2.24) is 0 Å². The van der Waals surface area contributed by atoms with Crippen LogP contribution in [0.4, 0.5) is 0 Å². The highest BCUT2D eigenvalue weighted by Gasteiger charge is 2.50. The van der Waals surface area contributed by atoms with Crippen molar-refractivity contribution < 1.29 is 14.3 Å². The fourth-order valence-corrected chi connectivity index (χ4v) is 3.63. The van der Waals surface area contributed by atoms with Gasteiger partial charge < -0.3 is 9.52 Å². The van der Waals surface area contributed by atoms with Crippen LogP contribution in [0.2, 0.25) is 0 Å². The summed E-state index contributed by atoms with van der Waals surface area (Å²) in [5.41, 5.74) is 3.00. The molecule has 1 aromatic heterocycles. The first-order chi connectivity index (χ1) is 9.14. The van der Waals surface area contributed by atoms with Crippen LogP contribution < -0.4 is 0 Å². The molecule has 0 radical (unpaired) electrons. The minimum absolute atomic E-state index is 0.0663. The van der Waals surface area contributed by atoms with Crippen molar-refractivity contribution in [1.29, 1.82) is 0 Å².